The third-order valence-corrected chi connectivity index (χ3v) is 4.84. The number of fused-ring (bicyclic) bond motifs is 1. The molecule has 0 bridgehead atoms. The zero-order chi connectivity index (χ0) is 17.2. The van der Waals surface area contributed by atoms with Gasteiger partial charge in [0.2, 0.25) is 6.10 Å². The van der Waals surface area contributed by atoms with Gasteiger partial charge in [0.15, 0.2) is 11.5 Å². The molecule has 1 saturated heterocycles. The van der Waals surface area contributed by atoms with Gasteiger partial charge in [0.05, 0.1) is 0 Å². The number of amides is 1. The third-order valence-electron chi connectivity index (χ3n) is 4.84. The maximum absolute atomic E-state index is 13.5. The fourth-order valence-corrected chi connectivity index (χ4v) is 3.55. The summed E-state index contributed by atoms with van der Waals surface area (Å²) in [6.45, 7) is 1.51. The maximum Gasteiger partial charge on any atom is 0.267 e. The van der Waals surface area contributed by atoms with Gasteiger partial charge >= 0.3 is 0 Å². The van der Waals surface area contributed by atoms with Crippen molar-refractivity contribution >= 4 is 5.91 Å². The SMILES string of the molecule is O=C([C@H]1COc2ccccc2O1)N1CCC[C@H](c2cccc(F)c2)C1. The van der Waals surface area contributed by atoms with Crippen LogP contribution in [0.15, 0.2) is 48.5 Å². The molecule has 130 valence electrons. The Kier molecular flexibility index (Phi) is 4.30. The number of halogens is 1. The smallest absolute Gasteiger partial charge is 0.267 e. The molecule has 2 aliphatic heterocycles. The molecule has 0 aliphatic carbocycles. The van der Waals surface area contributed by atoms with Crippen molar-refractivity contribution in [2.45, 2.75) is 24.9 Å². The van der Waals surface area contributed by atoms with Gasteiger partial charge in [-0.25, -0.2) is 4.39 Å². The summed E-state index contributed by atoms with van der Waals surface area (Å²) in [6, 6.07) is 14.0. The topological polar surface area (TPSA) is 38.8 Å². The molecule has 0 N–H and O–H groups in total. The van der Waals surface area contributed by atoms with Gasteiger partial charge in [0.1, 0.15) is 12.4 Å². The first-order chi connectivity index (χ1) is 12.2. The van der Waals surface area contributed by atoms with Crippen molar-refractivity contribution in [2.24, 2.45) is 0 Å². The average Bonchev–Trinajstić information content (AvgIpc) is 2.67. The van der Waals surface area contributed by atoms with E-state index in [0.717, 1.165) is 18.4 Å². The molecule has 2 heterocycles. The lowest BCUT2D eigenvalue weighted by Gasteiger charge is -2.36. The molecule has 2 atom stereocenters. The number of hydrogen-bond donors (Lipinski definition) is 0. The monoisotopic (exact) mass is 341 g/mol. The molecule has 2 aliphatic rings. The molecule has 4 rings (SSSR count). The number of carbonyl (C=O) groups excluding carboxylic acids is 1. The number of nitrogens with zero attached hydrogens (tertiary/aromatic N) is 1. The zero-order valence-electron chi connectivity index (χ0n) is 13.9. The Hall–Kier alpha value is -2.56. The first-order valence-corrected chi connectivity index (χ1v) is 8.63. The molecule has 2 aromatic carbocycles. The number of rotatable bonds is 2. The molecule has 0 radical (unpaired) electrons. The largest absolute Gasteiger partial charge is 0.485 e. The van der Waals surface area contributed by atoms with Crippen LogP contribution in [0.25, 0.3) is 0 Å². The van der Waals surface area contributed by atoms with Gasteiger partial charge in [-0.2, -0.15) is 0 Å². The fourth-order valence-electron chi connectivity index (χ4n) is 3.55. The second-order valence-electron chi connectivity index (χ2n) is 6.54. The number of para-hydroxylation sites is 2. The highest BCUT2D eigenvalue weighted by atomic mass is 19.1. The minimum atomic E-state index is -0.624. The fraction of sp³-hybridized carbons (Fsp3) is 0.350. The minimum Gasteiger partial charge on any atom is -0.485 e. The van der Waals surface area contributed by atoms with Crippen molar-refractivity contribution in [1.29, 1.82) is 0 Å². The van der Waals surface area contributed by atoms with Crippen molar-refractivity contribution in [2.75, 3.05) is 19.7 Å². The second-order valence-corrected chi connectivity index (χ2v) is 6.54. The molecule has 0 spiro atoms. The van der Waals surface area contributed by atoms with Gasteiger partial charge in [-0.05, 0) is 42.7 Å². The first kappa shape index (κ1) is 15.9. The van der Waals surface area contributed by atoms with Crippen LogP contribution in [0.1, 0.15) is 24.3 Å². The summed E-state index contributed by atoms with van der Waals surface area (Å²) >= 11 is 0. The normalized spacial score (nSPS) is 22.5. The van der Waals surface area contributed by atoms with Crippen LogP contribution in [0.3, 0.4) is 0 Å². The van der Waals surface area contributed by atoms with E-state index in [0.29, 0.717) is 24.6 Å². The summed E-state index contributed by atoms with van der Waals surface area (Å²) in [5.74, 6) is 1.14. The van der Waals surface area contributed by atoms with Gasteiger partial charge in [0.25, 0.3) is 5.91 Å². The van der Waals surface area contributed by atoms with Crippen LogP contribution in [0.4, 0.5) is 4.39 Å². The quantitative estimate of drug-likeness (QED) is 0.841. The van der Waals surface area contributed by atoms with E-state index in [1.165, 1.54) is 6.07 Å². The third kappa shape index (κ3) is 3.31. The number of carbonyl (C=O) groups is 1. The van der Waals surface area contributed by atoms with E-state index < -0.39 is 6.10 Å². The molecule has 4 nitrogen and oxygen atoms in total. The Morgan fingerprint density at radius 3 is 2.80 bits per heavy atom. The maximum atomic E-state index is 13.5. The minimum absolute atomic E-state index is 0.0596. The van der Waals surface area contributed by atoms with Gasteiger partial charge in [-0.15, -0.1) is 0 Å². The Balaban J connectivity index is 1.45. The summed E-state index contributed by atoms with van der Waals surface area (Å²) in [6.07, 6.45) is 1.23. The molecule has 0 saturated carbocycles. The van der Waals surface area contributed by atoms with Crippen molar-refractivity contribution in [1.82, 2.24) is 4.90 Å². The number of ether oxygens (including phenoxy) is 2. The molecule has 0 unspecified atom stereocenters. The zero-order valence-corrected chi connectivity index (χ0v) is 13.9. The predicted octanol–water partition coefficient (Wildman–Crippen LogP) is 3.37. The van der Waals surface area contributed by atoms with Gasteiger partial charge in [-0.1, -0.05) is 24.3 Å². The van der Waals surface area contributed by atoms with Crippen LogP contribution in [-0.4, -0.2) is 36.6 Å². The van der Waals surface area contributed by atoms with E-state index in [9.17, 15) is 9.18 Å². The molecular formula is C20H20FNO3. The number of piperidine rings is 1. The van der Waals surface area contributed by atoms with Crippen LogP contribution in [0.2, 0.25) is 0 Å². The van der Waals surface area contributed by atoms with E-state index in [2.05, 4.69) is 0 Å². The molecule has 0 aromatic heterocycles. The van der Waals surface area contributed by atoms with E-state index in [1.807, 2.05) is 29.2 Å². The van der Waals surface area contributed by atoms with E-state index in [4.69, 9.17) is 9.47 Å². The summed E-state index contributed by atoms with van der Waals surface area (Å²) in [7, 11) is 0. The molecular weight excluding hydrogens is 321 g/mol. The van der Waals surface area contributed by atoms with Crippen LogP contribution in [0, 0.1) is 5.82 Å². The molecule has 1 amide bonds. The molecule has 1 fully saturated rings. The Bertz CT molecular complexity index is 779. The predicted molar refractivity (Wildman–Crippen MR) is 91.3 cm³/mol. The van der Waals surface area contributed by atoms with Crippen LogP contribution < -0.4 is 9.47 Å². The molecule has 2 aromatic rings. The Morgan fingerprint density at radius 1 is 1.12 bits per heavy atom. The van der Waals surface area contributed by atoms with E-state index in [-0.39, 0.29) is 24.2 Å². The van der Waals surface area contributed by atoms with Crippen molar-refractivity contribution < 1.29 is 18.7 Å². The molecule has 25 heavy (non-hydrogen) atoms. The lowest BCUT2D eigenvalue weighted by molar-refractivity contribution is -0.142. The summed E-state index contributed by atoms with van der Waals surface area (Å²) in [5, 5.41) is 0. The van der Waals surface area contributed by atoms with Crippen molar-refractivity contribution in [3.05, 3.63) is 59.9 Å². The highest BCUT2D eigenvalue weighted by Gasteiger charge is 2.33. The van der Waals surface area contributed by atoms with Crippen LogP contribution in [-0.2, 0) is 4.79 Å². The Morgan fingerprint density at radius 2 is 1.96 bits per heavy atom. The summed E-state index contributed by atoms with van der Waals surface area (Å²) < 4.78 is 25.0. The number of likely N-dealkylation sites (tertiary alicyclic amines) is 1. The number of hydrogen-bond acceptors (Lipinski definition) is 3. The highest BCUT2D eigenvalue weighted by molar-refractivity contribution is 5.82. The van der Waals surface area contributed by atoms with E-state index >= 15 is 0 Å². The standard InChI is InChI=1S/C20H20FNO3/c21-16-7-3-5-14(11-16)15-6-4-10-22(12-15)20(23)19-13-24-17-8-1-2-9-18(17)25-19/h1-3,5,7-9,11,15,19H,4,6,10,12-13H2/t15-,19+/m0/s1. The van der Waals surface area contributed by atoms with E-state index in [1.54, 1.807) is 18.2 Å². The van der Waals surface area contributed by atoms with Crippen molar-refractivity contribution in [3.8, 4) is 11.5 Å². The van der Waals surface area contributed by atoms with Gasteiger partial charge in [-0.3, -0.25) is 4.79 Å². The molecule has 5 heteroatoms. The van der Waals surface area contributed by atoms with Crippen LogP contribution in [0.5, 0.6) is 11.5 Å². The lowest BCUT2D eigenvalue weighted by atomic mass is 9.90. The average molecular weight is 341 g/mol. The lowest BCUT2D eigenvalue weighted by Crippen LogP contribution is -2.49. The van der Waals surface area contributed by atoms with Crippen LogP contribution >= 0.6 is 0 Å². The summed E-state index contributed by atoms with van der Waals surface area (Å²) in [4.78, 5) is 14.7. The van der Waals surface area contributed by atoms with Crippen molar-refractivity contribution in [3.63, 3.8) is 0 Å². The second kappa shape index (κ2) is 6.75. The number of benzene rings is 2. The Labute approximate surface area is 146 Å². The first-order valence-electron chi connectivity index (χ1n) is 8.63. The summed E-state index contributed by atoms with van der Waals surface area (Å²) in [5.41, 5.74) is 0.948. The van der Waals surface area contributed by atoms with Gasteiger partial charge in [0, 0.05) is 19.0 Å². The highest BCUT2D eigenvalue weighted by Crippen LogP contribution is 2.32. The van der Waals surface area contributed by atoms with Gasteiger partial charge < -0.3 is 14.4 Å².